The lowest BCUT2D eigenvalue weighted by Gasteiger charge is -2.08. The van der Waals surface area contributed by atoms with Crippen LogP contribution in [0.15, 0.2) is 12.4 Å². The Labute approximate surface area is 86.2 Å². The fourth-order valence-electron chi connectivity index (χ4n) is 0.859. The van der Waals surface area contributed by atoms with Crippen molar-refractivity contribution in [3.63, 3.8) is 0 Å². The molecule has 2 N–H and O–H groups in total. The molecule has 0 aliphatic heterocycles. The van der Waals surface area contributed by atoms with Crippen molar-refractivity contribution in [1.29, 1.82) is 0 Å². The second kappa shape index (κ2) is 4.88. The first-order valence-electron chi connectivity index (χ1n) is 4.04. The van der Waals surface area contributed by atoms with E-state index >= 15 is 0 Å². The molecule has 0 unspecified atom stereocenters. The summed E-state index contributed by atoms with van der Waals surface area (Å²) in [7, 11) is 0. The molecule has 0 fully saturated rings. The molecular formula is C8H10ClN3O2. The van der Waals surface area contributed by atoms with Crippen LogP contribution >= 0.6 is 11.6 Å². The lowest BCUT2D eigenvalue weighted by Crippen LogP contribution is -2.24. The molecule has 76 valence electrons. The van der Waals surface area contributed by atoms with Crippen LogP contribution in [0.1, 0.15) is 18.7 Å². The minimum Gasteiger partial charge on any atom is -0.465 e. The van der Waals surface area contributed by atoms with Crippen LogP contribution in [-0.4, -0.2) is 22.5 Å². The summed E-state index contributed by atoms with van der Waals surface area (Å²) in [5, 5.41) is 0.197. The molecule has 0 aromatic carbocycles. The summed E-state index contributed by atoms with van der Waals surface area (Å²) in [6.07, 6.45) is 2.75. The van der Waals surface area contributed by atoms with E-state index in [2.05, 4.69) is 9.97 Å². The molecule has 0 aliphatic carbocycles. The predicted molar refractivity (Wildman–Crippen MR) is 50.6 cm³/mol. The number of nitrogens with zero attached hydrogens (tertiary/aromatic N) is 2. The second-order valence-electron chi connectivity index (χ2n) is 2.50. The van der Waals surface area contributed by atoms with Gasteiger partial charge < -0.3 is 10.5 Å². The molecule has 6 heteroatoms. The van der Waals surface area contributed by atoms with Gasteiger partial charge in [-0.2, -0.15) is 0 Å². The largest absolute Gasteiger partial charge is 0.465 e. The van der Waals surface area contributed by atoms with Crippen molar-refractivity contribution in [2.75, 3.05) is 6.61 Å². The maximum atomic E-state index is 11.2. The van der Waals surface area contributed by atoms with E-state index in [1.807, 2.05) is 0 Å². The van der Waals surface area contributed by atoms with Crippen LogP contribution in [0.25, 0.3) is 0 Å². The molecule has 0 bridgehead atoms. The summed E-state index contributed by atoms with van der Waals surface area (Å²) in [5.74, 6) is -0.538. The highest BCUT2D eigenvalue weighted by Gasteiger charge is 2.18. The minimum absolute atomic E-state index is 0.197. The zero-order valence-corrected chi connectivity index (χ0v) is 8.36. The van der Waals surface area contributed by atoms with E-state index in [0.29, 0.717) is 5.69 Å². The van der Waals surface area contributed by atoms with Crippen LogP contribution in [-0.2, 0) is 9.53 Å². The number of carbonyl (C=O) groups excluding carboxylic acids is 1. The van der Waals surface area contributed by atoms with Crippen LogP contribution < -0.4 is 5.73 Å². The number of rotatable bonds is 3. The van der Waals surface area contributed by atoms with Crippen molar-refractivity contribution < 1.29 is 9.53 Å². The summed E-state index contributed by atoms with van der Waals surface area (Å²) in [5.41, 5.74) is 5.86. The zero-order valence-electron chi connectivity index (χ0n) is 7.61. The van der Waals surface area contributed by atoms with Crippen LogP contribution in [0, 0.1) is 0 Å². The number of nitrogens with two attached hydrogens (primary N) is 1. The normalized spacial score (nSPS) is 12.2. The molecule has 1 rings (SSSR count). The molecule has 0 saturated heterocycles. The van der Waals surface area contributed by atoms with Gasteiger partial charge in [-0.3, -0.25) is 4.98 Å². The Kier molecular flexibility index (Phi) is 3.79. The fourth-order valence-corrected chi connectivity index (χ4v) is 1.01. The van der Waals surface area contributed by atoms with Gasteiger partial charge in [-0.25, -0.2) is 9.78 Å². The van der Waals surface area contributed by atoms with Gasteiger partial charge in [-0.1, -0.05) is 11.6 Å². The van der Waals surface area contributed by atoms with E-state index in [9.17, 15) is 4.79 Å². The number of hydrogen-bond acceptors (Lipinski definition) is 5. The Bertz CT molecular complexity index is 332. The molecule has 0 radical (unpaired) electrons. The third-order valence-corrected chi connectivity index (χ3v) is 1.67. The van der Waals surface area contributed by atoms with Crippen LogP contribution in [0.3, 0.4) is 0 Å². The topological polar surface area (TPSA) is 78.1 Å². The highest BCUT2D eigenvalue weighted by Crippen LogP contribution is 2.10. The summed E-state index contributed by atoms with van der Waals surface area (Å²) < 4.78 is 4.72. The number of halogens is 1. The lowest BCUT2D eigenvalue weighted by molar-refractivity contribution is -0.144. The van der Waals surface area contributed by atoms with Crippen molar-refractivity contribution in [1.82, 2.24) is 9.97 Å². The molecule has 0 aliphatic rings. The Morgan fingerprint density at radius 3 is 3.00 bits per heavy atom. The van der Waals surface area contributed by atoms with Crippen molar-refractivity contribution in [2.45, 2.75) is 13.0 Å². The highest BCUT2D eigenvalue weighted by atomic mass is 35.5. The van der Waals surface area contributed by atoms with E-state index in [1.54, 1.807) is 6.92 Å². The third-order valence-electron chi connectivity index (χ3n) is 1.48. The monoisotopic (exact) mass is 215 g/mol. The van der Waals surface area contributed by atoms with E-state index in [-0.39, 0.29) is 11.8 Å². The standard InChI is InChI=1S/C8H10ClN3O2/c1-2-14-8(13)7(10)5-3-11-4-6(9)12-5/h3-4,7H,2,10H2,1H3/t7-/m1/s1. The smallest absolute Gasteiger partial charge is 0.329 e. The molecule has 5 nitrogen and oxygen atoms in total. The van der Waals surface area contributed by atoms with Gasteiger partial charge in [-0.05, 0) is 6.92 Å². The average Bonchev–Trinajstić information content (AvgIpc) is 2.17. The summed E-state index contributed by atoms with van der Waals surface area (Å²) >= 11 is 5.59. The molecule has 1 aromatic heterocycles. The molecule has 0 amide bonds. The number of carbonyl (C=O) groups is 1. The van der Waals surface area contributed by atoms with Gasteiger partial charge in [0.15, 0.2) is 0 Å². The van der Waals surface area contributed by atoms with Gasteiger partial charge in [-0.15, -0.1) is 0 Å². The summed E-state index contributed by atoms with van der Waals surface area (Å²) in [6, 6.07) is -0.929. The van der Waals surface area contributed by atoms with Gasteiger partial charge in [0.1, 0.15) is 11.2 Å². The quantitative estimate of drug-likeness (QED) is 0.751. The Hall–Kier alpha value is -1.20. The first-order chi connectivity index (χ1) is 6.65. The molecule has 1 heterocycles. The van der Waals surface area contributed by atoms with Crippen LogP contribution in [0.5, 0.6) is 0 Å². The fraction of sp³-hybridized carbons (Fsp3) is 0.375. The first-order valence-corrected chi connectivity index (χ1v) is 4.42. The van der Waals surface area contributed by atoms with E-state index in [4.69, 9.17) is 22.1 Å². The van der Waals surface area contributed by atoms with E-state index in [0.717, 1.165) is 0 Å². The molecular weight excluding hydrogens is 206 g/mol. The van der Waals surface area contributed by atoms with E-state index in [1.165, 1.54) is 12.4 Å². The van der Waals surface area contributed by atoms with Gasteiger partial charge in [0.25, 0.3) is 0 Å². The summed E-state index contributed by atoms with van der Waals surface area (Å²) in [4.78, 5) is 18.8. The lowest BCUT2D eigenvalue weighted by atomic mass is 10.2. The molecule has 14 heavy (non-hydrogen) atoms. The Balaban J connectivity index is 2.78. The molecule has 1 aromatic rings. The number of ether oxygens (including phenoxy) is 1. The van der Waals surface area contributed by atoms with Crippen LogP contribution in [0.2, 0.25) is 5.15 Å². The number of esters is 1. The van der Waals surface area contributed by atoms with Crippen molar-refractivity contribution in [3.05, 3.63) is 23.2 Å². The Morgan fingerprint density at radius 2 is 2.43 bits per heavy atom. The maximum Gasteiger partial charge on any atom is 0.329 e. The predicted octanol–water partition coefficient (Wildman–Crippen LogP) is 0.693. The minimum atomic E-state index is -0.929. The number of aromatic nitrogens is 2. The first kappa shape index (κ1) is 10.9. The SMILES string of the molecule is CCOC(=O)[C@H](N)c1cncc(Cl)n1. The van der Waals surface area contributed by atoms with Crippen molar-refractivity contribution in [2.24, 2.45) is 5.73 Å². The zero-order chi connectivity index (χ0) is 10.6. The van der Waals surface area contributed by atoms with Crippen LogP contribution in [0.4, 0.5) is 0 Å². The summed E-state index contributed by atoms with van der Waals surface area (Å²) in [6.45, 7) is 1.98. The second-order valence-corrected chi connectivity index (χ2v) is 2.88. The average molecular weight is 216 g/mol. The number of hydrogen-bond donors (Lipinski definition) is 1. The molecule has 1 atom stereocenters. The third kappa shape index (κ3) is 2.65. The van der Waals surface area contributed by atoms with Gasteiger partial charge in [0.2, 0.25) is 0 Å². The Morgan fingerprint density at radius 1 is 1.71 bits per heavy atom. The highest BCUT2D eigenvalue weighted by molar-refractivity contribution is 6.29. The van der Waals surface area contributed by atoms with Gasteiger partial charge in [0.05, 0.1) is 24.7 Å². The van der Waals surface area contributed by atoms with Crippen molar-refractivity contribution >= 4 is 17.6 Å². The molecule has 0 spiro atoms. The van der Waals surface area contributed by atoms with Gasteiger partial charge >= 0.3 is 5.97 Å². The van der Waals surface area contributed by atoms with Crippen molar-refractivity contribution in [3.8, 4) is 0 Å². The molecule has 0 saturated carbocycles. The van der Waals surface area contributed by atoms with E-state index < -0.39 is 12.0 Å². The maximum absolute atomic E-state index is 11.2. The van der Waals surface area contributed by atoms with Gasteiger partial charge in [0, 0.05) is 0 Å².